The Morgan fingerprint density at radius 2 is 2.09 bits per heavy atom. The van der Waals surface area contributed by atoms with E-state index in [1.54, 1.807) is 11.8 Å². The number of nitrogens with one attached hydrogen (secondary N) is 1. The number of hydrogen-bond acceptors (Lipinski definition) is 7. The predicted octanol–water partition coefficient (Wildman–Crippen LogP) is 5.15. The molecule has 1 saturated heterocycles. The number of halogens is 2. The highest BCUT2D eigenvalue weighted by molar-refractivity contribution is 7.17. The van der Waals surface area contributed by atoms with E-state index >= 15 is 0 Å². The molecule has 1 aliphatic rings. The molecule has 174 valence electrons. The molecule has 1 aliphatic heterocycles. The maximum atomic E-state index is 14.0. The van der Waals surface area contributed by atoms with Gasteiger partial charge in [-0.1, -0.05) is 0 Å². The van der Waals surface area contributed by atoms with E-state index < -0.39 is 12.4 Å². The molecule has 7 nitrogen and oxygen atoms in total. The van der Waals surface area contributed by atoms with Gasteiger partial charge in [0.15, 0.2) is 0 Å². The summed E-state index contributed by atoms with van der Waals surface area (Å²) in [6.45, 7) is 9.97. The average Bonchev–Trinajstić information content (AvgIpc) is 3.33. The largest absolute Gasteiger partial charge is 0.461 e. The fourth-order valence-corrected chi connectivity index (χ4v) is 4.58. The Balaban J connectivity index is 2.12. The molecule has 3 rings (SSSR count). The topological polar surface area (TPSA) is 84.4 Å². The molecule has 1 atom stereocenters. The van der Waals surface area contributed by atoms with Crippen LogP contribution in [-0.2, 0) is 4.74 Å². The van der Waals surface area contributed by atoms with Crippen molar-refractivity contribution in [3.63, 3.8) is 0 Å². The lowest BCUT2D eigenvalue weighted by Gasteiger charge is -2.23. The highest BCUT2D eigenvalue weighted by atomic mass is 32.1. The summed E-state index contributed by atoms with van der Waals surface area (Å²) in [6, 6.07) is 1.29. The number of alkyl halides is 2. The lowest BCUT2D eigenvalue weighted by Crippen LogP contribution is -2.34. The van der Waals surface area contributed by atoms with Crippen molar-refractivity contribution in [1.82, 2.24) is 14.9 Å². The number of carbonyl (C=O) groups excluding carboxylic acids is 2. The average molecular weight is 467 g/mol. The Kier molecular flexibility index (Phi) is 7.12. The van der Waals surface area contributed by atoms with Gasteiger partial charge in [0.25, 0.3) is 12.3 Å². The number of hydrogen-bond donors (Lipinski definition) is 1. The minimum absolute atomic E-state index is 0.00847. The molecule has 1 amide bonds. The number of thiazole rings is 1. The first-order chi connectivity index (χ1) is 15.0. The first-order valence-electron chi connectivity index (χ1n) is 10.6. The van der Waals surface area contributed by atoms with Gasteiger partial charge in [0, 0.05) is 35.4 Å². The zero-order chi connectivity index (χ0) is 23.6. The van der Waals surface area contributed by atoms with E-state index in [2.05, 4.69) is 15.3 Å². The first-order valence-corrected chi connectivity index (χ1v) is 11.4. The summed E-state index contributed by atoms with van der Waals surface area (Å²) >= 11 is 0.873. The molecule has 1 N–H and O–H groups in total. The molecule has 32 heavy (non-hydrogen) atoms. The van der Waals surface area contributed by atoms with Crippen LogP contribution in [-0.4, -0.2) is 51.5 Å². The van der Waals surface area contributed by atoms with Crippen LogP contribution in [0.2, 0.25) is 0 Å². The number of amides is 1. The van der Waals surface area contributed by atoms with Crippen molar-refractivity contribution >= 4 is 29.0 Å². The highest BCUT2D eigenvalue weighted by Crippen LogP contribution is 2.39. The Hall–Kier alpha value is -2.62. The smallest absolute Gasteiger partial charge is 0.367 e. The lowest BCUT2D eigenvalue weighted by atomic mass is 10.1. The molecular weight excluding hydrogens is 438 g/mol. The summed E-state index contributed by atoms with van der Waals surface area (Å²) < 4.78 is 33.1. The van der Waals surface area contributed by atoms with Crippen molar-refractivity contribution in [2.45, 2.75) is 65.5 Å². The molecule has 2 aromatic heterocycles. The lowest BCUT2D eigenvalue weighted by molar-refractivity contribution is 0.0525. The Labute approximate surface area is 190 Å². The maximum Gasteiger partial charge on any atom is 0.367 e. The third kappa shape index (κ3) is 5.23. The standard InChI is InChI=1S/C22H28F2N4O3S/c1-6-31-21(30)19-26-16(20(29)28-9-7-8-12(28)2)17(32-19)14-11-25-15(27-22(3,4)5)10-13(14)18(23)24/h10-12,18H,6-9H2,1-5H3,(H,25,27). The van der Waals surface area contributed by atoms with E-state index in [1.807, 2.05) is 27.7 Å². The van der Waals surface area contributed by atoms with Gasteiger partial charge in [-0.25, -0.2) is 23.5 Å². The zero-order valence-electron chi connectivity index (χ0n) is 18.9. The molecule has 2 aromatic rings. The second-order valence-corrected chi connectivity index (χ2v) is 9.74. The van der Waals surface area contributed by atoms with Crippen LogP contribution in [0.3, 0.4) is 0 Å². The number of pyridine rings is 1. The van der Waals surface area contributed by atoms with Crippen molar-refractivity contribution in [3.8, 4) is 10.4 Å². The van der Waals surface area contributed by atoms with Crippen molar-refractivity contribution in [2.75, 3.05) is 18.5 Å². The van der Waals surface area contributed by atoms with E-state index in [-0.39, 0.29) is 50.8 Å². The zero-order valence-corrected chi connectivity index (χ0v) is 19.7. The molecule has 3 heterocycles. The van der Waals surface area contributed by atoms with Gasteiger partial charge in [-0.3, -0.25) is 4.79 Å². The van der Waals surface area contributed by atoms with E-state index in [4.69, 9.17) is 4.74 Å². The monoisotopic (exact) mass is 466 g/mol. The van der Waals surface area contributed by atoms with Gasteiger partial charge < -0.3 is 15.0 Å². The van der Waals surface area contributed by atoms with Crippen molar-refractivity contribution in [1.29, 1.82) is 0 Å². The van der Waals surface area contributed by atoms with Gasteiger partial charge in [-0.15, -0.1) is 11.3 Å². The minimum atomic E-state index is -2.81. The van der Waals surface area contributed by atoms with Crippen molar-refractivity contribution in [3.05, 3.63) is 28.5 Å². The molecule has 0 aliphatic carbocycles. The highest BCUT2D eigenvalue weighted by Gasteiger charge is 2.33. The normalized spacial score (nSPS) is 16.5. The molecule has 0 spiro atoms. The number of rotatable bonds is 6. The van der Waals surface area contributed by atoms with Gasteiger partial charge in [-0.2, -0.15) is 0 Å². The summed E-state index contributed by atoms with van der Waals surface area (Å²) in [5.41, 5.74) is -0.591. The summed E-state index contributed by atoms with van der Waals surface area (Å²) in [5.74, 6) is -0.772. The van der Waals surface area contributed by atoms with Crippen LogP contribution in [0, 0.1) is 0 Å². The molecule has 1 unspecified atom stereocenters. The van der Waals surface area contributed by atoms with Crippen molar-refractivity contribution < 1.29 is 23.1 Å². The minimum Gasteiger partial charge on any atom is -0.461 e. The number of esters is 1. The van der Waals surface area contributed by atoms with Crippen LogP contribution < -0.4 is 5.32 Å². The van der Waals surface area contributed by atoms with Crippen LogP contribution >= 0.6 is 11.3 Å². The van der Waals surface area contributed by atoms with Gasteiger partial charge in [-0.05, 0) is 53.5 Å². The number of carbonyl (C=O) groups is 2. The molecular formula is C22H28F2N4O3S. The fourth-order valence-electron chi connectivity index (χ4n) is 3.59. The molecule has 0 saturated carbocycles. The predicted molar refractivity (Wildman–Crippen MR) is 119 cm³/mol. The Morgan fingerprint density at radius 1 is 1.38 bits per heavy atom. The maximum absolute atomic E-state index is 14.0. The van der Waals surface area contributed by atoms with Gasteiger partial charge in [0.05, 0.1) is 11.5 Å². The molecule has 1 fully saturated rings. The fraction of sp³-hybridized carbons (Fsp3) is 0.545. The number of nitrogens with zero attached hydrogens (tertiary/aromatic N) is 3. The molecule has 0 aromatic carbocycles. The Bertz CT molecular complexity index is 1000. The van der Waals surface area contributed by atoms with Crippen LogP contribution in [0.5, 0.6) is 0 Å². The van der Waals surface area contributed by atoms with Gasteiger partial charge in [0.1, 0.15) is 11.5 Å². The summed E-state index contributed by atoms with van der Waals surface area (Å²) in [7, 11) is 0. The van der Waals surface area contributed by atoms with E-state index in [1.165, 1.54) is 12.3 Å². The third-order valence-corrected chi connectivity index (χ3v) is 6.08. The number of likely N-dealkylation sites (tertiary alicyclic amines) is 1. The van der Waals surface area contributed by atoms with Crippen molar-refractivity contribution in [2.24, 2.45) is 0 Å². The number of anilines is 1. The van der Waals surface area contributed by atoms with E-state index in [0.717, 1.165) is 24.2 Å². The van der Waals surface area contributed by atoms with Crippen LogP contribution in [0.1, 0.15) is 79.7 Å². The number of aromatic nitrogens is 2. The summed E-state index contributed by atoms with van der Waals surface area (Å²) in [5, 5.41) is 3.03. The van der Waals surface area contributed by atoms with Crippen LogP contribution in [0.4, 0.5) is 14.6 Å². The second-order valence-electron chi connectivity index (χ2n) is 8.74. The molecule has 10 heteroatoms. The summed E-state index contributed by atoms with van der Waals surface area (Å²) in [4.78, 5) is 36.0. The van der Waals surface area contributed by atoms with Crippen LogP contribution in [0.15, 0.2) is 12.3 Å². The van der Waals surface area contributed by atoms with Crippen LogP contribution in [0.25, 0.3) is 10.4 Å². The summed E-state index contributed by atoms with van der Waals surface area (Å²) in [6.07, 6.45) is 0.207. The Morgan fingerprint density at radius 3 is 2.66 bits per heavy atom. The van der Waals surface area contributed by atoms with E-state index in [0.29, 0.717) is 12.4 Å². The third-order valence-electron chi connectivity index (χ3n) is 5.01. The molecule has 0 radical (unpaired) electrons. The second kappa shape index (κ2) is 9.48. The SMILES string of the molecule is CCOC(=O)c1nc(C(=O)N2CCCC2C)c(-c2cnc(NC(C)(C)C)cc2C(F)F)s1. The first kappa shape index (κ1) is 24.0. The number of ether oxygens (including phenoxy) is 1. The van der Waals surface area contributed by atoms with E-state index in [9.17, 15) is 18.4 Å². The quantitative estimate of drug-likeness (QED) is 0.593. The molecule has 0 bridgehead atoms. The van der Waals surface area contributed by atoms with Gasteiger partial charge >= 0.3 is 5.97 Å². The van der Waals surface area contributed by atoms with Gasteiger partial charge in [0.2, 0.25) is 5.01 Å².